The van der Waals surface area contributed by atoms with E-state index in [0.717, 1.165) is 18.4 Å². The molecular formula is C18H22F2N6O2. The van der Waals surface area contributed by atoms with Crippen LogP contribution in [-0.2, 0) is 0 Å². The Bertz CT molecular complexity index is 803. The molecule has 0 radical (unpaired) electrons. The number of nitrogens with zero attached hydrogens (tertiary/aromatic N) is 5. The molecule has 1 aliphatic heterocycles. The molecule has 5 atom stereocenters. The summed E-state index contributed by atoms with van der Waals surface area (Å²) in [5, 5.41) is 23.4. The molecule has 0 bridgehead atoms. The lowest BCUT2D eigenvalue weighted by Gasteiger charge is -2.40. The van der Waals surface area contributed by atoms with E-state index in [2.05, 4.69) is 20.7 Å². The zero-order valence-corrected chi connectivity index (χ0v) is 15.2. The summed E-state index contributed by atoms with van der Waals surface area (Å²) in [6.45, 7) is 0.669. The van der Waals surface area contributed by atoms with Crippen LogP contribution >= 0.6 is 0 Å². The Morgan fingerprint density at radius 3 is 2.57 bits per heavy atom. The lowest BCUT2D eigenvalue weighted by Crippen LogP contribution is -2.55. The maximum absolute atomic E-state index is 14.4. The number of piperidine rings is 1. The Kier molecular flexibility index (Phi) is 5.21. The van der Waals surface area contributed by atoms with Crippen LogP contribution in [0.4, 0.5) is 13.6 Å². The van der Waals surface area contributed by atoms with Gasteiger partial charge in [0.05, 0.1) is 6.04 Å². The van der Waals surface area contributed by atoms with Gasteiger partial charge in [0, 0.05) is 31.6 Å². The number of tetrazole rings is 1. The number of likely N-dealkylation sites (tertiary alicyclic amines) is 1. The van der Waals surface area contributed by atoms with E-state index in [-0.39, 0.29) is 36.8 Å². The summed E-state index contributed by atoms with van der Waals surface area (Å²) in [6.07, 6.45) is 0.722. The van der Waals surface area contributed by atoms with Gasteiger partial charge in [0.25, 0.3) is 0 Å². The van der Waals surface area contributed by atoms with Gasteiger partial charge in [-0.15, -0.1) is 10.2 Å². The minimum Gasteiger partial charge on any atom is -0.465 e. The van der Waals surface area contributed by atoms with Crippen LogP contribution in [0.15, 0.2) is 30.6 Å². The Morgan fingerprint density at radius 2 is 1.89 bits per heavy atom. The van der Waals surface area contributed by atoms with Gasteiger partial charge >= 0.3 is 6.09 Å². The molecule has 1 aromatic carbocycles. The molecule has 150 valence electrons. The third-order valence-corrected chi connectivity index (χ3v) is 5.72. The van der Waals surface area contributed by atoms with E-state index >= 15 is 0 Å². The van der Waals surface area contributed by atoms with Crippen molar-refractivity contribution in [3.8, 4) is 0 Å². The Hall–Kier alpha value is -2.62. The van der Waals surface area contributed by atoms with E-state index < -0.39 is 18.3 Å². The highest BCUT2D eigenvalue weighted by atomic mass is 19.1. The molecule has 2 aromatic rings. The molecule has 4 rings (SSSR count). The topological polar surface area (TPSA) is 96.2 Å². The molecule has 28 heavy (non-hydrogen) atoms. The molecule has 8 nitrogen and oxygen atoms in total. The van der Waals surface area contributed by atoms with E-state index in [0.29, 0.717) is 6.54 Å². The third-order valence-electron chi connectivity index (χ3n) is 5.72. The van der Waals surface area contributed by atoms with Gasteiger partial charge in [0.1, 0.15) is 12.0 Å². The maximum atomic E-state index is 14.4. The predicted octanol–water partition coefficient (Wildman–Crippen LogP) is 1.98. The maximum Gasteiger partial charge on any atom is 0.404 e. The van der Waals surface area contributed by atoms with Crippen molar-refractivity contribution in [1.29, 1.82) is 0 Å². The van der Waals surface area contributed by atoms with Gasteiger partial charge in [0.15, 0.2) is 6.33 Å². The summed E-state index contributed by atoms with van der Waals surface area (Å²) in [7, 11) is 0. The number of halogens is 2. The van der Waals surface area contributed by atoms with E-state index in [1.54, 1.807) is 16.9 Å². The molecule has 2 aliphatic rings. The van der Waals surface area contributed by atoms with Crippen LogP contribution in [0.1, 0.15) is 36.8 Å². The molecule has 1 saturated heterocycles. The SMILES string of the molecule is O=C(O)NC1C[C@@H](F)CN(C2CC(c3ccc(F)cc3)CC2n2ncnn2)C1. The number of benzene rings is 1. The van der Waals surface area contributed by atoms with E-state index in [9.17, 15) is 13.6 Å². The van der Waals surface area contributed by atoms with Crippen LogP contribution in [0.2, 0.25) is 0 Å². The number of rotatable bonds is 4. The van der Waals surface area contributed by atoms with Crippen LogP contribution in [0.3, 0.4) is 0 Å². The van der Waals surface area contributed by atoms with E-state index in [1.165, 1.54) is 18.5 Å². The Balaban J connectivity index is 1.57. The molecule has 1 aliphatic carbocycles. The molecule has 10 heteroatoms. The molecule has 1 amide bonds. The lowest BCUT2D eigenvalue weighted by atomic mass is 9.96. The first kappa shape index (κ1) is 18.7. The number of amides is 1. The monoisotopic (exact) mass is 392 g/mol. The summed E-state index contributed by atoms with van der Waals surface area (Å²) in [5.74, 6) is -0.140. The van der Waals surface area contributed by atoms with Crippen molar-refractivity contribution in [2.45, 2.75) is 49.5 Å². The van der Waals surface area contributed by atoms with E-state index in [1.807, 2.05) is 4.90 Å². The summed E-state index contributed by atoms with van der Waals surface area (Å²) < 4.78 is 27.6. The summed E-state index contributed by atoms with van der Waals surface area (Å²) in [6, 6.07) is 5.78. The Morgan fingerprint density at radius 1 is 1.14 bits per heavy atom. The van der Waals surface area contributed by atoms with Crippen molar-refractivity contribution in [3.63, 3.8) is 0 Å². The smallest absolute Gasteiger partial charge is 0.404 e. The minimum atomic E-state index is -1.15. The summed E-state index contributed by atoms with van der Waals surface area (Å²) in [4.78, 5) is 14.5. The quantitative estimate of drug-likeness (QED) is 0.826. The second-order valence-corrected chi connectivity index (χ2v) is 7.54. The normalized spacial score (nSPS) is 31.0. The van der Waals surface area contributed by atoms with Crippen LogP contribution in [0, 0.1) is 5.82 Å². The number of nitrogens with one attached hydrogen (secondary N) is 1. The molecule has 2 heterocycles. The fraction of sp³-hybridized carbons (Fsp3) is 0.556. The minimum absolute atomic E-state index is 0.0686. The van der Waals surface area contributed by atoms with Gasteiger partial charge in [-0.25, -0.2) is 13.6 Å². The number of carbonyl (C=O) groups is 1. The highest BCUT2D eigenvalue weighted by Gasteiger charge is 2.43. The van der Waals surface area contributed by atoms with Crippen molar-refractivity contribution in [2.75, 3.05) is 13.1 Å². The lowest BCUT2D eigenvalue weighted by molar-refractivity contribution is 0.0574. The Labute approximate surface area is 160 Å². The number of hydrogen-bond acceptors (Lipinski definition) is 5. The first-order chi connectivity index (χ1) is 13.5. The van der Waals surface area contributed by atoms with Gasteiger partial charge in [-0.1, -0.05) is 12.1 Å². The van der Waals surface area contributed by atoms with Crippen molar-refractivity contribution in [2.24, 2.45) is 0 Å². The van der Waals surface area contributed by atoms with E-state index in [4.69, 9.17) is 5.11 Å². The standard InChI is InChI=1S/C18H22F2N6O2/c19-13-3-1-11(2-4-13)12-5-16(17(6-12)26-22-10-21-24-26)25-8-14(20)7-15(9-25)23-18(27)28/h1-4,10,12,14-17,23H,5-9H2,(H,27,28)/t12?,14-,15?,16?,17?/m1/s1. The molecule has 1 saturated carbocycles. The average molecular weight is 392 g/mol. The number of carboxylic acid groups (broad SMARTS) is 1. The molecule has 4 unspecified atom stereocenters. The second-order valence-electron chi connectivity index (χ2n) is 7.54. The summed E-state index contributed by atoms with van der Waals surface area (Å²) >= 11 is 0. The average Bonchev–Trinajstić information content (AvgIpc) is 3.31. The van der Waals surface area contributed by atoms with Gasteiger partial charge in [-0.3, -0.25) is 4.90 Å². The fourth-order valence-electron chi connectivity index (χ4n) is 4.59. The highest BCUT2D eigenvalue weighted by molar-refractivity contribution is 5.64. The van der Waals surface area contributed by atoms with Crippen molar-refractivity contribution in [3.05, 3.63) is 42.0 Å². The number of hydrogen-bond donors (Lipinski definition) is 2. The molecule has 1 aromatic heterocycles. The molecule has 2 fully saturated rings. The first-order valence-electron chi connectivity index (χ1n) is 9.35. The van der Waals surface area contributed by atoms with Crippen molar-refractivity contribution >= 4 is 6.09 Å². The van der Waals surface area contributed by atoms with Crippen molar-refractivity contribution < 1.29 is 18.7 Å². The van der Waals surface area contributed by atoms with Gasteiger partial charge in [-0.05, 0) is 41.7 Å². The van der Waals surface area contributed by atoms with Crippen LogP contribution in [0.5, 0.6) is 0 Å². The fourth-order valence-corrected chi connectivity index (χ4v) is 4.59. The van der Waals surface area contributed by atoms with Crippen LogP contribution in [-0.4, -0.2) is 67.7 Å². The van der Waals surface area contributed by atoms with Crippen LogP contribution < -0.4 is 5.32 Å². The molecule has 2 N–H and O–H groups in total. The number of alkyl halides is 1. The zero-order valence-electron chi connectivity index (χ0n) is 15.2. The number of aromatic nitrogens is 4. The zero-order chi connectivity index (χ0) is 19.7. The van der Waals surface area contributed by atoms with Crippen LogP contribution in [0.25, 0.3) is 0 Å². The predicted molar refractivity (Wildman–Crippen MR) is 95.1 cm³/mol. The third kappa shape index (κ3) is 3.96. The molecular weight excluding hydrogens is 370 g/mol. The highest BCUT2D eigenvalue weighted by Crippen LogP contribution is 2.43. The first-order valence-corrected chi connectivity index (χ1v) is 9.35. The second kappa shape index (κ2) is 7.78. The van der Waals surface area contributed by atoms with Gasteiger partial charge in [-0.2, -0.15) is 4.80 Å². The van der Waals surface area contributed by atoms with Gasteiger partial charge in [0.2, 0.25) is 0 Å². The van der Waals surface area contributed by atoms with Crippen molar-refractivity contribution in [1.82, 2.24) is 30.4 Å². The molecule has 0 spiro atoms. The largest absolute Gasteiger partial charge is 0.465 e. The summed E-state index contributed by atoms with van der Waals surface area (Å²) in [5.41, 5.74) is 1.02. The van der Waals surface area contributed by atoms with Gasteiger partial charge < -0.3 is 10.4 Å².